The Kier molecular flexibility index (Phi) is 3.23. The van der Waals surface area contributed by atoms with Crippen LogP contribution in [0, 0.1) is 0 Å². The summed E-state index contributed by atoms with van der Waals surface area (Å²) in [5.41, 5.74) is 3.50. The molecule has 0 saturated carbocycles. The first-order valence-corrected chi connectivity index (χ1v) is 6.80. The van der Waals surface area contributed by atoms with Crippen molar-refractivity contribution in [2.45, 2.75) is 13.0 Å². The molecule has 1 aliphatic rings. The van der Waals surface area contributed by atoms with Crippen molar-refractivity contribution in [3.63, 3.8) is 0 Å². The normalized spacial score (nSPS) is 18.2. The molecule has 0 bridgehead atoms. The van der Waals surface area contributed by atoms with Crippen LogP contribution in [0.5, 0.6) is 0 Å². The molecular formula is C14H16ClN5. The number of aromatic nitrogens is 2. The van der Waals surface area contributed by atoms with Crippen LogP contribution in [0.2, 0.25) is 5.28 Å². The molecule has 0 radical (unpaired) electrons. The highest BCUT2D eigenvalue weighted by Crippen LogP contribution is 2.39. The monoisotopic (exact) mass is 289 g/mol. The Morgan fingerprint density at radius 3 is 2.80 bits per heavy atom. The predicted molar refractivity (Wildman–Crippen MR) is 81.3 cm³/mol. The van der Waals surface area contributed by atoms with E-state index in [1.807, 2.05) is 0 Å². The van der Waals surface area contributed by atoms with Crippen LogP contribution in [-0.4, -0.2) is 29.1 Å². The fraction of sp³-hybridized carbons (Fsp3) is 0.286. The zero-order valence-corrected chi connectivity index (χ0v) is 12.4. The van der Waals surface area contributed by atoms with Gasteiger partial charge in [0, 0.05) is 26.0 Å². The largest absolute Gasteiger partial charge is 0.340 e. The molecule has 20 heavy (non-hydrogen) atoms. The molecule has 0 fully saturated rings. The highest BCUT2D eigenvalue weighted by Gasteiger charge is 2.28. The van der Waals surface area contributed by atoms with Crippen LogP contribution in [-0.2, 0) is 0 Å². The third-order valence-electron chi connectivity index (χ3n) is 3.76. The highest BCUT2D eigenvalue weighted by atomic mass is 35.5. The molecule has 1 unspecified atom stereocenters. The molecule has 0 aliphatic carbocycles. The van der Waals surface area contributed by atoms with Gasteiger partial charge in [-0.25, -0.2) is 15.0 Å². The number of hydrogen-bond donors (Lipinski definition) is 1. The van der Waals surface area contributed by atoms with Gasteiger partial charge in [-0.05, 0) is 42.3 Å². The zero-order chi connectivity index (χ0) is 14.3. The average molecular weight is 290 g/mol. The molecule has 1 N–H and O–H groups in total. The number of hydrogen-bond acceptors (Lipinski definition) is 5. The summed E-state index contributed by atoms with van der Waals surface area (Å²) >= 11 is 5.79. The second-order valence-corrected chi connectivity index (χ2v) is 5.22. The van der Waals surface area contributed by atoms with Gasteiger partial charge < -0.3 is 10.3 Å². The van der Waals surface area contributed by atoms with Crippen molar-refractivity contribution in [1.82, 2.24) is 15.0 Å². The third kappa shape index (κ3) is 2.19. The first kappa shape index (κ1) is 13.1. The number of anilines is 3. The van der Waals surface area contributed by atoms with Gasteiger partial charge in [-0.2, -0.15) is 0 Å². The van der Waals surface area contributed by atoms with Gasteiger partial charge in [-0.15, -0.1) is 0 Å². The minimum Gasteiger partial charge on any atom is -0.340 e. The molecule has 6 heteroatoms. The fourth-order valence-corrected chi connectivity index (χ4v) is 2.59. The average Bonchev–Trinajstić information content (AvgIpc) is 2.64. The number of rotatable bonds is 2. The smallest absolute Gasteiger partial charge is 0.224 e. The van der Waals surface area contributed by atoms with Crippen LogP contribution in [0.1, 0.15) is 18.5 Å². The molecule has 2 aromatic rings. The Morgan fingerprint density at radius 1 is 1.25 bits per heavy atom. The quantitative estimate of drug-likeness (QED) is 0.860. The summed E-state index contributed by atoms with van der Waals surface area (Å²) in [5.74, 6) is 0.687. The van der Waals surface area contributed by atoms with E-state index in [9.17, 15) is 0 Å². The van der Waals surface area contributed by atoms with Crippen molar-refractivity contribution < 1.29 is 0 Å². The van der Waals surface area contributed by atoms with Gasteiger partial charge in [0.2, 0.25) is 5.28 Å². The first-order chi connectivity index (χ1) is 9.56. The second kappa shape index (κ2) is 4.92. The van der Waals surface area contributed by atoms with E-state index < -0.39 is 0 Å². The van der Waals surface area contributed by atoms with E-state index in [1.54, 1.807) is 12.3 Å². The summed E-state index contributed by atoms with van der Waals surface area (Å²) in [4.78, 5) is 8.00. The Bertz CT molecular complexity index is 645. The maximum Gasteiger partial charge on any atom is 0.224 e. The van der Waals surface area contributed by atoms with E-state index in [1.165, 1.54) is 11.3 Å². The number of nitrogens with zero attached hydrogens (tertiary/aromatic N) is 4. The standard InChI is InChI=1S/C14H16ClN5/c1-9-11-5-4-10(8-12(11)20(3)19(9)2)17-13-6-7-16-14(15)18-13/h4-9H,1-3H3,(H,16,17,18). The lowest BCUT2D eigenvalue weighted by molar-refractivity contribution is 0.280. The molecule has 2 heterocycles. The van der Waals surface area contributed by atoms with Crippen molar-refractivity contribution in [3.8, 4) is 0 Å². The molecule has 0 amide bonds. The lowest BCUT2D eigenvalue weighted by Gasteiger charge is -2.24. The lowest BCUT2D eigenvalue weighted by atomic mass is 10.1. The summed E-state index contributed by atoms with van der Waals surface area (Å²) in [5, 5.41) is 7.84. The van der Waals surface area contributed by atoms with E-state index in [2.05, 4.69) is 64.5 Å². The van der Waals surface area contributed by atoms with Crippen LogP contribution in [0.4, 0.5) is 17.2 Å². The molecule has 1 atom stereocenters. The summed E-state index contributed by atoms with van der Waals surface area (Å²) in [6.07, 6.45) is 1.63. The van der Waals surface area contributed by atoms with E-state index in [4.69, 9.17) is 11.6 Å². The van der Waals surface area contributed by atoms with Crippen LogP contribution in [0.25, 0.3) is 0 Å². The maximum atomic E-state index is 5.79. The van der Waals surface area contributed by atoms with Gasteiger partial charge in [0.25, 0.3) is 0 Å². The number of benzene rings is 1. The molecule has 104 valence electrons. The molecule has 1 aromatic carbocycles. The Hall–Kier alpha value is -1.85. The van der Waals surface area contributed by atoms with E-state index in [0.717, 1.165) is 5.69 Å². The van der Waals surface area contributed by atoms with Gasteiger partial charge in [-0.3, -0.25) is 0 Å². The SMILES string of the molecule is CC1c2ccc(Nc3ccnc(Cl)n3)cc2N(C)N1C. The summed E-state index contributed by atoms with van der Waals surface area (Å²) in [7, 11) is 4.15. The van der Waals surface area contributed by atoms with Gasteiger partial charge in [0.15, 0.2) is 0 Å². The van der Waals surface area contributed by atoms with Crippen molar-refractivity contribution in [1.29, 1.82) is 0 Å². The van der Waals surface area contributed by atoms with Crippen LogP contribution in [0.3, 0.4) is 0 Å². The predicted octanol–water partition coefficient (Wildman–Crippen LogP) is 3.23. The number of halogens is 1. The zero-order valence-electron chi connectivity index (χ0n) is 11.6. The second-order valence-electron chi connectivity index (χ2n) is 4.88. The third-order valence-corrected chi connectivity index (χ3v) is 3.94. The topological polar surface area (TPSA) is 44.3 Å². The Balaban J connectivity index is 1.91. The minimum atomic E-state index is 0.238. The maximum absolute atomic E-state index is 5.79. The summed E-state index contributed by atoms with van der Waals surface area (Å²) in [6.45, 7) is 2.19. The summed E-state index contributed by atoms with van der Waals surface area (Å²) in [6, 6.07) is 8.49. The molecule has 3 rings (SSSR count). The minimum absolute atomic E-state index is 0.238. The van der Waals surface area contributed by atoms with Crippen molar-refractivity contribution in [2.24, 2.45) is 0 Å². The molecular weight excluding hydrogens is 274 g/mol. The van der Waals surface area contributed by atoms with Crippen molar-refractivity contribution in [3.05, 3.63) is 41.3 Å². The molecule has 1 aliphatic heterocycles. The molecule has 0 saturated heterocycles. The Morgan fingerprint density at radius 2 is 2.05 bits per heavy atom. The van der Waals surface area contributed by atoms with Crippen LogP contribution >= 0.6 is 11.6 Å². The molecule has 5 nitrogen and oxygen atoms in total. The van der Waals surface area contributed by atoms with E-state index in [-0.39, 0.29) is 5.28 Å². The molecule has 0 spiro atoms. The van der Waals surface area contributed by atoms with Crippen LogP contribution in [0.15, 0.2) is 30.5 Å². The fourth-order valence-electron chi connectivity index (χ4n) is 2.44. The highest BCUT2D eigenvalue weighted by molar-refractivity contribution is 6.28. The van der Waals surface area contributed by atoms with Gasteiger partial charge in [0.05, 0.1) is 11.7 Å². The number of fused-ring (bicyclic) bond motifs is 1. The van der Waals surface area contributed by atoms with Gasteiger partial charge in [0.1, 0.15) is 5.82 Å². The first-order valence-electron chi connectivity index (χ1n) is 6.42. The summed E-state index contributed by atoms with van der Waals surface area (Å²) < 4.78 is 0. The van der Waals surface area contributed by atoms with Crippen molar-refractivity contribution in [2.75, 3.05) is 24.4 Å². The van der Waals surface area contributed by atoms with Crippen molar-refractivity contribution >= 4 is 28.8 Å². The van der Waals surface area contributed by atoms with E-state index in [0.29, 0.717) is 11.9 Å². The van der Waals surface area contributed by atoms with Crippen LogP contribution < -0.4 is 10.3 Å². The lowest BCUT2D eigenvalue weighted by Crippen LogP contribution is -2.31. The number of nitrogens with one attached hydrogen (secondary N) is 1. The molecule has 1 aromatic heterocycles. The van der Waals surface area contributed by atoms with E-state index >= 15 is 0 Å². The van der Waals surface area contributed by atoms with Gasteiger partial charge >= 0.3 is 0 Å². The Labute approximate surface area is 123 Å². The number of hydrazine groups is 1. The van der Waals surface area contributed by atoms with Gasteiger partial charge in [-0.1, -0.05) is 6.07 Å².